The standard InChI is InChI=1S/C15H23NO3/c1-10(16-12-5-6-13(9-12)18-2)11-4-7-14(17)15(8-11)19-3/h4,7-8,10,12-13,16-17H,5-6,9H2,1-3H3. The van der Waals surface area contributed by atoms with Gasteiger partial charge in [-0.15, -0.1) is 0 Å². The summed E-state index contributed by atoms with van der Waals surface area (Å²) in [6.07, 6.45) is 3.73. The topological polar surface area (TPSA) is 50.7 Å². The Hall–Kier alpha value is -1.26. The highest BCUT2D eigenvalue weighted by Gasteiger charge is 2.25. The first-order valence-electron chi connectivity index (χ1n) is 6.79. The molecule has 0 heterocycles. The highest BCUT2D eigenvalue weighted by Crippen LogP contribution is 2.30. The predicted octanol–water partition coefficient (Wildman–Crippen LogP) is 2.62. The average molecular weight is 265 g/mol. The largest absolute Gasteiger partial charge is 0.504 e. The Morgan fingerprint density at radius 2 is 2.11 bits per heavy atom. The molecule has 0 aromatic heterocycles. The number of phenols is 1. The monoisotopic (exact) mass is 265 g/mol. The van der Waals surface area contributed by atoms with Crippen LogP contribution in [0.15, 0.2) is 18.2 Å². The molecule has 1 fully saturated rings. The Labute approximate surface area is 114 Å². The van der Waals surface area contributed by atoms with Crippen molar-refractivity contribution in [1.82, 2.24) is 5.32 Å². The first kappa shape index (κ1) is 14.2. The summed E-state index contributed by atoms with van der Waals surface area (Å²) in [5.41, 5.74) is 1.12. The van der Waals surface area contributed by atoms with E-state index >= 15 is 0 Å². The molecule has 4 heteroatoms. The van der Waals surface area contributed by atoms with Crippen molar-refractivity contribution in [3.05, 3.63) is 23.8 Å². The minimum atomic E-state index is 0.179. The van der Waals surface area contributed by atoms with Crippen LogP contribution in [-0.4, -0.2) is 31.5 Å². The zero-order valence-electron chi connectivity index (χ0n) is 11.8. The third-order valence-corrected chi connectivity index (χ3v) is 3.91. The molecule has 1 saturated carbocycles. The van der Waals surface area contributed by atoms with Crippen molar-refractivity contribution in [1.29, 1.82) is 0 Å². The summed E-state index contributed by atoms with van der Waals surface area (Å²) >= 11 is 0. The summed E-state index contributed by atoms with van der Waals surface area (Å²) in [5, 5.41) is 13.2. The van der Waals surface area contributed by atoms with Gasteiger partial charge in [0.15, 0.2) is 11.5 Å². The molecular formula is C15H23NO3. The lowest BCUT2D eigenvalue weighted by Gasteiger charge is -2.20. The zero-order valence-corrected chi connectivity index (χ0v) is 11.8. The van der Waals surface area contributed by atoms with Gasteiger partial charge in [0, 0.05) is 19.2 Å². The number of benzene rings is 1. The van der Waals surface area contributed by atoms with E-state index in [0.29, 0.717) is 17.9 Å². The fourth-order valence-electron chi connectivity index (χ4n) is 2.72. The van der Waals surface area contributed by atoms with Crippen LogP contribution in [0.5, 0.6) is 11.5 Å². The van der Waals surface area contributed by atoms with E-state index in [2.05, 4.69) is 12.2 Å². The van der Waals surface area contributed by atoms with Gasteiger partial charge in [-0.1, -0.05) is 6.07 Å². The van der Waals surface area contributed by atoms with Gasteiger partial charge in [0.05, 0.1) is 13.2 Å². The van der Waals surface area contributed by atoms with Crippen molar-refractivity contribution in [3.8, 4) is 11.5 Å². The van der Waals surface area contributed by atoms with Gasteiger partial charge in [-0.25, -0.2) is 0 Å². The quantitative estimate of drug-likeness (QED) is 0.859. The molecule has 1 aromatic carbocycles. The van der Waals surface area contributed by atoms with Crippen molar-refractivity contribution in [3.63, 3.8) is 0 Å². The Kier molecular flexibility index (Phi) is 4.66. The van der Waals surface area contributed by atoms with E-state index in [9.17, 15) is 5.11 Å². The lowest BCUT2D eigenvalue weighted by molar-refractivity contribution is 0.106. The van der Waals surface area contributed by atoms with Crippen LogP contribution in [0.1, 0.15) is 37.8 Å². The third kappa shape index (κ3) is 3.39. The first-order chi connectivity index (χ1) is 9.13. The molecule has 1 aromatic rings. The normalized spacial score (nSPS) is 24.4. The highest BCUT2D eigenvalue weighted by atomic mass is 16.5. The molecule has 106 valence electrons. The molecule has 3 unspecified atom stereocenters. The van der Waals surface area contributed by atoms with Crippen LogP contribution < -0.4 is 10.1 Å². The number of ether oxygens (including phenoxy) is 2. The van der Waals surface area contributed by atoms with Crippen LogP contribution >= 0.6 is 0 Å². The van der Waals surface area contributed by atoms with Crippen molar-refractivity contribution in [2.45, 2.75) is 44.4 Å². The van der Waals surface area contributed by atoms with E-state index in [1.807, 2.05) is 12.1 Å². The number of phenolic OH excluding ortho intramolecular Hbond substituents is 1. The van der Waals surface area contributed by atoms with Gasteiger partial charge in [-0.2, -0.15) is 0 Å². The Morgan fingerprint density at radius 1 is 1.32 bits per heavy atom. The Bertz CT molecular complexity index is 422. The van der Waals surface area contributed by atoms with E-state index < -0.39 is 0 Å². The molecule has 0 amide bonds. The van der Waals surface area contributed by atoms with Gasteiger partial charge in [0.1, 0.15) is 0 Å². The number of hydrogen-bond donors (Lipinski definition) is 2. The summed E-state index contributed by atoms with van der Waals surface area (Å²) in [6, 6.07) is 6.22. The molecule has 3 atom stereocenters. The van der Waals surface area contributed by atoms with E-state index in [1.54, 1.807) is 20.3 Å². The Morgan fingerprint density at radius 3 is 2.74 bits per heavy atom. The molecule has 4 nitrogen and oxygen atoms in total. The van der Waals surface area contributed by atoms with Crippen LogP contribution in [0.3, 0.4) is 0 Å². The first-order valence-corrected chi connectivity index (χ1v) is 6.79. The molecule has 0 aliphatic heterocycles. The van der Waals surface area contributed by atoms with Gasteiger partial charge in [-0.3, -0.25) is 0 Å². The van der Waals surface area contributed by atoms with Gasteiger partial charge in [-0.05, 0) is 43.9 Å². The van der Waals surface area contributed by atoms with Crippen molar-refractivity contribution < 1.29 is 14.6 Å². The molecule has 2 rings (SSSR count). The van der Waals surface area contributed by atoms with Crippen LogP contribution in [0.4, 0.5) is 0 Å². The number of hydrogen-bond acceptors (Lipinski definition) is 4. The molecule has 0 spiro atoms. The second kappa shape index (κ2) is 6.26. The molecular weight excluding hydrogens is 242 g/mol. The predicted molar refractivity (Wildman–Crippen MR) is 74.6 cm³/mol. The van der Waals surface area contributed by atoms with E-state index in [1.165, 1.54) is 0 Å². The SMILES string of the molecule is COc1cc(C(C)NC2CCC(OC)C2)ccc1O. The highest BCUT2D eigenvalue weighted by molar-refractivity contribution is 5.42. The molecule has 0 saturated heterocycles. The second-order valence-corrected chi connectivity index (χ2v) is 5.19. The van der Waals surface area contributed by atoms with Crippen LogP contribution in [-0.2, 0) is 4.74 Å². The average Bonchev–Trinajstić information content (AvgIpc) is 2.86. The zero-order chi connectivity index (χ0) is 13.8. The van der Waals surface area contributed by atoms with E-state index in [4.69, 9.17) is 9.47 Å². The van der Waals surface area contributed by atoms with Gasteiger partial charge >= 0.3 is 0 Å². The summed E-state index contributed by atoms with van der Waals surface area (Å²) in [7, 11) is 3.35. The maximum atomic E-state index is 9.61. The van der Waals surface area contributed by atoms with Crippen LogP contribution in [0.2, 0.25) is 0 Å². The smallest absolute Gasteiger partial charge is 0.160 e. The summed E-state index contributed by atoms with van der Waals surface area (Å²) in [6.45, 7) is 2.13. The molecule has 1 aliphatic rings. The summed E-state index contributed by atoms with van der Waals surface area (Å²) in [4.78, 5) is 0. The fraction of sp³-hybridized carbons (Fsp3) is 0.600. The van der Waals surface area contributed by atoms with Gasteiger partial charge in [0.25, 0.3) is 0 Å². The van der Waals surface area contributed by atoms with E-state index in [-0.39, 0.29) is 11.8 Å². The minimum absolute atomic E-state index is 0.179. The van der Waals surface area contributed by atoms with Crippen molar-refractivity contribution >= 4 is 0 Å². The van der Waals surface area contributed by atoms with Gasteiger partial charge < -0.3 is 19.9 Å². The lowest BCUT2D eigenvalue weighted by atomic mass is 10.1. The van der Waals surface area contributed by atoms with Crippen molar-refractivity contribution in [2.75, 3.05) is 14.2 Å². The maximum absolute atomic E-state index is 9.61. The molecule has 19 heavy (non-hydrogen) atoms. The van der Waals surface area contributed by atoms with Crippen LogP contribution in [0, 0.1) is 0 Å². The van der Waals surface area contributed by atoms with E-state index in [0.717, 1.165) is 24.8 Å². The Balaban J connectivity index is 1.98. The summed E-state index contributed by atoms with van der Waals surface area (Å²) < 4.78 is 10.5. The van der Waals surface area contributed by atoms with Gasteiger partial charge in [0.2, 0.25) is 0 Å². The lowest BCUT2D eigenvalue weighted by Crippen LogP contribution is -2.29. The molecule has 0 bridgehead atoms. The number of aromatic hydroxyl groups is 1. The number of nitrogens with one attached hydrogen (secondary N) is 1. The molecule has 0 radical (unpaired) electrons. The number of methoxy groups -OCH3 is 2. The minimum Gasteiger partial charge on any atom is -0.504 e. The molecule has 2 N–H and O–H groups in total. The van der Waals surface area contributed by atoms with Crippen molar-refractivity contribution in [2.24, 2.45) is 0 Å². The summed E-state index contributed by atoms with van der Waals surface area (Å²) in [5.74, 6) is 0.700. The van der Waals surface area contributed by atoms with Crippen LogP contribution in [0.25, 0.3) is 0 Å². The molecule has 1 aliphatic carbocycles. The fourth-order valence-corrected chi connectivity index (χ4v) is 2.72. The third-order valence-electron chi connectivity index (χ3n) is 3.91. The maximum Gasteiger partial charge on any atom is 0.160 e. The second-order valence-electron chi connectivity index (χ2n) is 5.19. The number of rotatable bonds is 5.